The molecule has 0 aromatic carbocycles. The zero-order valence-electron chi connectivity index (χ0n) is 21.2. The number of ether oxygens (including phenoxy) is 2. The molecule has 0 aliphatic carbocycles. The van der Waals surface area contributed by atoms with E-state index in [1.165, 1.54) is 9.80 Å². The van der Waals surface area contributed by atoms with E-state index >= 15 is 0 Å². The number of carboxylic acids is 2. The second kappa shape index (κ2) is 17.6. The maximum atomic E-state index is 12.3. The fraction of sp³-hybridized carbons (Fsp3) is 0.600. The van der Waals surface area contributed by atoms with Crippen molar-refractivity contribution in [1.29, 1.82) is 0 Å². The van der Waals surface area contributed by atoms with Crippen molar-refractivity contribution in [2.24, 2.45) is 0 Å². The topological polar surface area (TPSA) is 214 Å². The first-order chi connectivity index (χ1) is 17.0. The molecule has 0 aromatic rings. The molecule has 0 bridgehead atoms. The average Bonchev–Trinajstić information content (AvgIpc) is 2.79. The second-order valence-corrected chi connectivity index (χ2v) is 7.89. The van der Waals surface area contributed by atoms with Crippen molar-refractivity contribution in [2.45, 2.75) is 25.7 Å². The molecule has 2 aliphatic heterocycles. The molecule has 2 aliphatic rings. The van der Waals surface area contributed by atoms with Gasteiger partial charge in [-0.3, -0.25) is 38.6 Å². The fourth-order valence-electron chi connectivity index (χ4n) is 3.21. The third-order valence-electron chi connectivity index (χ3n) is 5.15. The van der Waals surface area contributed by atoms with Crippen molar-refractivity contribution < 1.29 is 117 Å². The van der Waals surface area contributed by atoms with E-state index in [0.29, 0.717) is 0 Å². The second-order valence-electron chi connectivity index (χ2n) is 7.89. The van der Waals surface area contributed by atoms with Gasteiger partial charge in [0.15, 0.2) is 13.5 Å². The van der Waals surface area contributed by atoms with Crippen LogP contribution in [0.2, 0.25) is 0 Å². The normalized spacial score (nSPS) is 16.4. The van der Waals surface area contributed by atoms with Crippen molar-refractivity contribution >= 4 is 47.5 Å². The molecule has 2 rings (SSSR count). The minimum atomic E-state index is -1.44. The van der Waals surface area contributed by atoms with Gasteiger partial charge in [0, 0.05) is 25.0 Å². The summed E-state index contributed by atoms with van der Waals surface area (Å²) in [6, 6.07) is 0. The zero-order valence-corrected chi connectivity index (χ0v) is 25.2. The van der Waals surface area contributed by atoms with E-state index in [-0.39, 0.29) is 98.4 Å². The first-order valence-corrected chi connectivity index (χ1v) is 10.8. The number of nitrogens with zero attached hydrogens (tertiary/aromatic N) is 4. The van der Waals surface area contributed by atoms with Crippen LogP contribution in [0.4, 0.5) is 0 Å². The molecule has 4 amide bonds. The first-order valence-electron chi connectivity index (χ1n) is 10.8. The molecule has 0 aromatic heterocycles. The number of esters is 2. The number of imide groups is 2. The smallest absolute Gasteiger partial charge is 0.550 e. The predicted octanol–water partition coefficient (Wildman–Crippen LogP) is -11.6. The minimum absolute atomic E-state index is 0. The molecule has 198 valence electrons. The van der Waals surface area contributed by atoms with Crippen LogP contribution in [-0.4, -0.2) is 120 Å². The minimum Gasteiger partial charge on any atom is -0.550 e. The van der Waals surface area contributed by atoms with Crippen LogP contribution in [0.5, 0.6) is 0 Å². The van der Waals surface area contributed by atoms with Gasteiger partial charge in [-0.2, -0.15) is 0 Å². The van der Waals surface area contributed by atoms with Gasteiger partial charge in [0.05, 0.1) is 39.0 Å². The summed E-state index contributed by atoms with van der Waals surface area (Å²) in [5.74, 6) is -7.24. The van der Waals surface area contributed by atoms with Crippen molar-refractivity contribution in [3.05, 3.63) is 0 Å². The molecule has 0 unspecified atom stereocenters. The van der Waals surface area contributed by atoms with Gasteiger partial charge in [0.2, 0.25) is 23.6 Å². The molecule has 0 radical (unpaired) electrons. The van der Waals surface area contributed by atoms with Crippen LogP contribution >= 0.6 is 0 Å². The number of aliphatic carboxylic acids is 2. The Morgan fingerprint density at radius 3 is 1.13 bits per heavy atom. The average molecular weight is 558 g/mol. The van der Waals surface area contributed by atoms with Gasteiger partial charge in [-0.05, 0) is 12.8 Å². The SMILES string of the molecule is O=C([O-])CCC(=O)OCN1C(=O)CN(CCN2CC(=O)N(COC(=O)CCC(=O)[O-])C(=O)C2)CC1=O.[Na+].[Na+]. The Kier molecular flexibility index (Phi) is 16.7. The number of carboxylic acid groups (broad SMARTS) is 2. The Morgan fingerprint density at radius 2 is 0.868 bits per heavy atom. The Hall–Kier alpha value is -1.92. The molecule has 18 heteroatoms. The molecular formula is C20H24N4Na2O12. The van der Waals surface area contributed by atoms with Crippen LogP contribution < -0.4 is 69.3 Å². The van der Waals surface area contributed by atoms with E-state index in [9.17, 15) is 48.6 Å². The van der Waals surface area contributed by atoms with Crippen molar-refractivity contribution in [2.75, 3.05) is 52.7 Å². The van der Waals surface area contributed by atoms with Gasteiger partial charge in [-0.1, -0.05) is 0 Å². The number of amides is 4. The number of rotatable bonds is 13. The Balaban J connectivity index is 0.00000684. The third kappa shape index (κ3) is 12.3. The van der Waals surface area contributed by atoms with Gasteiger partial charge < -0.3 is 29.3 Å². The van der Waals surface area contributed by atoms with Gasteiger partial charge in [-0.15, -0.1) is 0 Å². The fourth-order valence-corrected chi connectivity index (χ4v) is 3.21. The zero-order chi connectivity index (χ0) is 26.8. The predicted molar refractivity (Wildman–Crippen MR) is 107 cm³/mol. The summed E-state index contributed by atoms with van der Waals surface area (Å²) < 4.78 is 9.49. The molecule has 2 fully saturated rings. The largest absolute Gasteiger partial charge is 1.00 e. The molecule has 0 spiro atoms. The van der Waals surface area contributed by atoms with E-state index in [4.69, 9.17) is 9.47 Å². The number of hydrogen-bond donors (Lipinski definition) is 0. The maximum Gasteiger partial charge on any atom is 1.00 e. The number of piperazine rings is 2. The van der Waals surface area contributed by atoms with Crippen LogP contribution in [0.3, 0.4) is 0 Å². The number of hydrogen-bond acceptors (Lipinski definition) is 14. The van der Waals surface area contributed by atoms with Crippen LogP contribution in [0, 0.1) is 0 Å². The van der Waals surface area contributed by atoms with Crippen LogP contribution in [0.15, 0.2) is 0 Å². The van der Waals surface area contributed by atoms with Crippen LogP contribution in [-0.2, 0) is 47.8 Å². The quantitative estimate of drug-likeness (QED) is 0.117. The summed E-state index contributed by atoms with van der Waals surface area (Å²) in [6.45, 7) is -1.71. The number of carbonyl (C=O) groups excluding carboxylic acids is 8. The molecular weight excluding hydrogens is 534 g/mol. The van der Waals surface area contributed by atoms with E-state index < -0.39 is 86.7 Å². The van der Waals surface area contributed by atoms with E-state index in [2.05, 4.69) is 0 Å². The Labute approximate surface area is 261 Å². The summed E-state index contributed by atoms with van der Waals surface area (Å²) in [5.41, 5.74) is 0. The van der Waals surface area contributed by atoms with Gasteiger partial charge in [0.1, 0.15) is 0 Å². The molecule has 0 saturated carbocycles. The van der Waals surface area contributed by atoms with Gasteiger partial charge >= 0.3 is 71.1 Å². The molecule has 2 heterocycles. The summed E-state index contributed by atoms with van der Waals surface area (Å²) in [7, 11) is 0. The summed E-state index contributed by atoms with van der Waals surface area (Å²) in [5, 5.41) is 20.7. The first kappa shape index (κ1) is 36.1. The number of carbonyl (C=O) groups is 8. The summed E-state index contributed by atoms with van der Waals surface area (Å²) >= 11 is 0. The van der Waals surface area contributed by atoms with Gasteiger partial charge in [0.25, 0.3) is 0 Å². The maximum absolute atomic E-state index is 12.3. The molecule has 16 nitrogen and oxygen atoms in total. The summed E-state index contributed by atoms with van der Waals surface area (Å²) in [4.78, 5) is 97.1. The molecule has 2 saturated heterocycles. The van der Waals surface area contributed by atoms with Crippen molar-refractivity contribution in [3.63, 3.8) is 0 Å². The van der Waals surface area contributed by atoms with Crippen LogP contribution in [0.1, 0.15) is 25.7 Å². The van der Waals surface area contributed by atoms with Crippen molar-refractivity contribution in [1.82, 2.24) is 19.6 Å². The summed E-state index contributed by atoms with van der Waals surface area (Å²) in [6.07, 6.45) is -2.02. The van der Waals surface area contributed by atoms with E-state index in [1.807, 2.05) is 0 Å². The van der Waals surface area contributed by atoms with E-state index in [1.54, 1.807) is 0 Å². The van der Waals surface area contributed by atoms with E-state index in [0.717, 1.165) is 9.80 Å². The van der Waals surface area contributed by atoms with Crippen molar-refractivity contribution in [3.8, 4) is 0 Å². The molecule has 0 N–H and O–H groups in total. The van der Waals surface area contributed by atoms with Crippen LogP contribution in [0.25, 0.3) is 0 Å². The Morgan fingerprint density at radius 1 is 0.579 bits per heavy atom. The van der Waals surface area contributed by atoms with Gasteiger partial charge in [-0.25, -0.2) is 9.80 Å². The third-order valence-corrected chi connectivity index (χ3v) is 5.15. The Bertz CT molecular complexity index is 837. The standard InChI is InChI=1S/C20H26N4O12.2Na/c25-13-7-21(8-14(26)23(13)11-35-19(33)3-1-17(29)30)5-6-22-9-15(27)24(16(28)10-22)12-36-20(34)4-2-18(31)32;;/h1-12H2,(H,29,30)(H,31,32);;/q;2*+1/p-2. The molecule has 38 heavy (non-hydrogen) atoms. The molecule has 0 atom stereocenters. The monoisotopic (exact) mass is 558 g/mol.